The molecule has 0 unspecified atom stereocenters. The van der Waals surface area contributed by atoms with Crippen LogP contribution in [0, 0.1) is 0 Å². The van der Waals surface area contributed by atoms with Gasteiger partial charge in [0.2, 0.25) is 0 Å². The first-order chi connectivity index (χ1) is 7.58. The molecule has 0 bridgehead atoms. The minimum absolute atomic E-state index is 0.104. The molecule has 6 heteroatoms. The quantitative estimate of drug-likeness (QED) is 0.302. The normalized spacial score (nSPS) is 14.0. The fourth-order valence-corrected chi connectivity index (χ4v) is 3.52. The largest absolute Gasteiger partial charge is 0.412 e. The molecular weight excluding hydrogens is 234 g/mol. The molecule has 17 heavy (non-hydrogen) atoms. The van der Waals surface area contributed by atoms with Crippen LogP contribution >= 0.6 is 0 Å². The minimum atomic E-state index is -1.71. The molecule has 0 heterocycles. The van der Waals surface area contributed by atoms with E-state index in [-0.39, 0.29) is 11.8 Å². The van der Waals surface area contributed by atoms with Crippen LogP contribution in [-0.4, -0.2) is 25.7 Å². The predicted octanol–water partition coefficient (Wildman–Crippen LogP) is 3.66. The van der Waals surface area contributed by atoms with E-state index in [1.165, 1.54) is 0 Å². The van der Waals surface area contributed by atoms with E-state index in [2.05, 4.69) is 29.7 Å². The van der Waals surface area contributed by atoms with Crippen molar-refractivity contribution in [2.45, 2.75) is 64.9 Å². The molecule has 0 spiro atoms. The summed E-state index contributed by atoms with van der Waals surface area (Å²) in [6, 6.07) is -0.303. The number of azide groups is 1. The summed E-state index contributed by atoms with van der Waals surface area (Å²) < 4.78 is 6.03. The number of hydrogen-bond donors (Lipinski definition) is 0. The Balaban J connectivity index is 4.77. The van der Waals surface area contributed by atoms with Crippen LogP contribution in [0.4, 0.5) is 0 Å². The van der Waals surface area contributed by atoms with Crippen LogP contribution < -0.4 is 0 Å². The monoisotopic (exact) mass is 257 g/mol. The smallest absolute Gasteiger partial charge is 0.184 e. The molecule has 0 aliphatic heterocycles. The second-order valence-electron chi connectivity index (χ2n) is 5.78. The Kier molecular flexibility index (Phi) is 5.88. The SMILES string of the molecule is CC(=O)CC[C@H](N=[N+]=[N-])C(C)(C)O[Si](C)(C)C. The highest BCUT2D eigenvalue weighted by Gasteiger charge is 2.34. The molecule has 0 aromatic carbocycles. The maximum Gasteiger partial charge on any atom is 0.184 e. The van der Waals surface area contributed by atoms with Gasteiger partial charge in [0.25, 0.3) is 0 Å². The molecule has 0 radical (unpaired) electrons. The first kappa shape index (κ1) is 16.2. The van der Waals surface area contributed by atoms with E-state index in [1.807, 2.05) is 13.8 Å². The Morgan fingerprint density at radius 3 is 2.35 bits per heavy atom. The van der Waals surface area contributed by atoms with Crippen LogP contribution in [0.5, 0.6) is 0 Å². The number of rotatable bonds is 7. The molecule has 0 aromatic rings. The van der Waals surface area contributed by atoms with Gasteiger partial charge in [-0.15, -0.1) is 0 Å². The van der Waals surface area contributed by atoms with Crippen molar-refractivity contribution in [2.24, 2.45) is 5.11 Å². The molecule has 5 nitrogen and oxygen atoms in total. The highest BCUT2D eigenvalue weighted by molar-refractivity contribution is 6.69. The number of ketones is 1. The molecule has 0 N–H and O–H groups in total. The molecule has 0 saturated carbocycles. The Hall–Kier alpha value is -0.843. The summed E-state index contributed by atoms with van der Waals surface area (Å²) in [7, 11) is -1.71. The lowest BCUT2D eigenvalue weighted by molar-refractivity contribution is -0.117. The van der Waals surface area contributed by atoms with Crippen molar-refractivity contribution < 1.29 is 9.22 Å². The molecule has 0 saturated heterocycles. The zero-order valence-electron chi connectivity index (χ0n) is 11.6. The van der Waals surface area contributed by atoms with Crippen LogP contribution in [0.15, 0.2) is 5.11 Å². The molecular formula is C11H23N3O2Si. The van der Waals surface area contributed by atoms with E-state index in [0.29, 0.717) is 12.8 Å². The number of Topliss-reactive ketones (excluding diaryl/α,β-unsaturated/α-hetero) is 1. The van der Waals surface area contributed by atoms with E-state index >= 15 is 0 Å². The maximum absolute atomic E-state index is 11.0. The summed E-state index contributed by atoms with van der Waals surface area (Å²) in [5.41, 5.74) is 8.07. The first-order valence-corrected chi connectivity index (χ1v) is 9.23. The Bertz CT molecular complexity index is 317. The van der Waals surface area contributed by atoms with Crippen LogP contribution in [0.25, 0.3) is 10.4 Å². The standard InChI is InChI=1S/C11H23N3O2Si/c1-9(15)7-8-10(13-14-12)11(2,3)16-17(4,5)6/h10H,7-8H2,1-6H3/t10-/m0/s1. The molecule has 0 fully saturated rings. The Morgan fingerprint density at radius 2 is 2.00 bits per heavy atom. The van der Waals surface area contributed by atoms with Crippen molar-refractivity contribution in [3.63, 3.8) is 0 Å². The van der Waals surface area contributed by atoms with Crippen molar-refractivity contribution in [1.29, 1.82) is 0 Å². The Morgan fingerprint density at radius 1 is 1.47 bits per heavy atom. The van der Waals surface area contributed by atoms with E-state index in [0.717, 1.165) is 0 Å². The average molecular weight is 257 g/mol. The lowest BCUT2D eigenvalue weighted by atomic mass is 9.95. The second-order valence-corrected chi connectivity index (χ2v) is 10.2. The van der Waals surface area contributed by atoms with Crippen LogP contribution in [0.1, 0.15) is 33.6 Å². The number of carbonyl (C=O) groups excluding carboxylic acids is 1. The zero-order valence-corrected chi connectivity index (χ0v) is 12.6. The van der Waals surface area contributed by atoms with Gasteiger partial charge >= 0.3 is 0 Å². The highest BCUT2D eigenvalue weighted by atomic mass is 28.4. The third kappa shape index (κ3) is 7.15. The lowest BCUT2D eigenvalue weighted by Crippen LogP contribution is -2.45. The van der Waals surface area contributed by atoms with Crippen LogP contribution in [0.2, 0.25) is 19.6 Å². The van der Waals surface area contributed by atoms with Gasteiger partial charge in [-0.25, -0.2) is 0 Å². The molecule has 0 aliphatic carbocycles. The summed E-state index contributed by atoms with van der Waals surface area (Å²) in [6.45, 7) is 11.7. The third-order valence-electron chi connectivity index (χ3n) is 2.33. The summed E-state index contributed by atoms with van der Waals surface area (Å²) in [6.07, 6.45) is 0.957. The van der Waals surface area contributed by atoms with Gasteiger partial charge in [-0.1, -0.05) is 5.11 Å². The summed E-state index contributed by atoms with van der Waals surface area (Å²) in [4.78, 5) is 13.9. The molecule has 1 atom stereocenters. The minimum Gasteiger partial charge on any atom is -0.412 e. The van der Waals surface area contributed by atoms with Crippen molar-refractivity contribution in [3.8, 4) is 0 Å². The highest BCUT2D eigenvalue weighted by Crippen LogP contribution is 2.26. The molecule has 0 aliphatic rings. The summed E-state index contributed by atoms with van der Waals surface area (Å²) >= 11 is 0. The van der Waals surface area contributed by atoms with E-state index < -0.39 is 13.9 Å². The summed E-state index contributed by atoms with van der Waals surface area (Å²) in [5, 5.41) is 3.78. The van der Waals surface area contributed by atoms with Gasteiger partial charge in [0.15, 0.2) is 8.32 Å². The molecule has 0 amide bonds. The zero-order chi connectivity index (χ0) is 13.7. The third-order valence-corrected chi connectivity index (χ3v) is 3.47. The van der Waals surface area contributed by atoms with Crippen LogP contribution in [0.3, 0.4) is 0 Å². The number of carbonyl (C=O) groups is 1. The fourth-order valence-electron chi connectivity index (χ4n) is 1.80. The van der Waals surface area contributed by atoms with Gasteiger partial charge in [0.1, 0.15) is 5.78 Å². The van der Waals surface area contributed by atoms with Crippen molar-refractivity contribution in [3.05, 3.63) is 10.4 Å². The summed E-state index contributed by atoms with van der Waals surface area (Å²) in [5.74, 6) is 0.104. The van der Waals surface area contributed by atoms with Gasteiger partial charge < -0.3 is 9.22 Å². The Labute approximate surface area is 104 Å². The average Bonchev–Trinajstić information content (AvgIpc) is 2.07. The second kappa shape index (κ2) is 6.19. The van der Waals surface area contributed by atoms with Crippen molar-refractivity contribution in [1.82, 2.24) is 0 Å². The molecule has 0 rings (SSSR count). The van der Waals surface area contributed by atoms with E-state index in [4.69, 9.17) is 9.96 Å². The van der Waals surface area contributed by atoms with Gasteiger partial charge in [0.05, 0.1) is 11.6 Å². The lowest BCUT2D eigenvalue weighted by Gasteiger charge is -2.37. The first-order valence-electron chi connectivity index (χ1n) is 5.82. The van der Waals surface area contributed by atoms with E-state index in [9.17, 15) is 4.79 Å². The molecule has 98 valence electrons. The number of nitrogens with zero attached hydrogens (tertiary/aromatic N) is 3. The predicted molar refractivity (Wildman–Crippen MR) is 71.4 cm³/mol. The van der Waals surface area contributed by atoms with Gasteiger partial charge in [-0.05, 0) is 52.4 Å². The van der Waals surface area contributed by atoms with Gasteiger partial charge in [0, 0.05) is 11.3 Å². The maximum atomic E-state index is 11.0. The van der Waals surface area contributed by atoms with Crippen LogP contribution in [-0.2, 0) is 9.22 Å². The van der Waals surface area contributed by atoms with Crippen molar-refractivity contribution in [2.75, 3.05) is 0 Å². The fraction of sp³-hybridized carbons (Fsp3) is 0.909. The number of hydrogen-bond acceptors (Lipinski definition) is 3. The topological polar surface area (TPSA) is 75.1 Å². The van der Waals surface area contributed by atoms with Gasteiger partial charge in [-0.3, -0.25) is 0 Å². The van der Waals surface area contributed by atoms with Crippen molar-refractivity contribution >= 4 is 14.1 Å². The molecule has 0 aromatic heterocycles. The van der Waals surface area contributed by atoms with E-state index in [1.54, 1.807) is 6.92 Å². The van der Waals surface area contributed by atoms with Gasteiger partial charge in [-0.2, -0.15) is 0 Å².